The summed E-state index contributed by atoms with van der Waals surface area (Å²) in [5, 5.41) is 5.87. The number of carbonyl (C=O) groups is 1. The Morgan fingerprint density at radius 3 is 2.33 bits per heavy atom. The molecule has 72 valence electrons. The number of nitrogens with one attached hydrogen (secondary N) is 2. The highest BCUT2D eigenvalue weighted by atomic mass is 16.2. The van der Waals surface area contributed by atoms with Crippen molar-refractivity contribution >= 4 is 5.91 Å². The summed E-state index contributed by atoms with van der Waals surface area (Å²) in [4.78, 5) is 11.4. The number of amides is 1. The third-order valence-electron chi connectivity index (χ3n) is 1.67. The molecule has 0 rings (SSSR count). The molecule has 0 aromatic heterocycles. The summed E-state index contributed by atoms with van der Waals surface area (Å²) in [6.07, 6.45) is 1.92. The van der Waals surface area contributed by atoms with Gasteiger partial charge in [0.25, 0.3) is 0 Å². The van der Waals surface area contributed by atoms with Crippen molar-refractivity contribution in [2.45, 2.75) is 45.7 Å². The van der Waals surface area contributed by atoms with Crippen molar-refractivity contribution in [3.63, 3.8) is 0 Å². The monoisotopic (exact) mass is 172 g/mol. The van der Waals surface area contributed by atoms with Crippen molar-refractivity contribution in [2.75, 3.05) is 7.05 Å². The Morgan fingerprint density at radius 2 is 2.00 bits per heavy atom. The summed E-state index contributed by atoms with van der Waals surface area (Å²) in [6, 6.07) is 0.197. The normalized spacial score (nSPS) is 13.1. The van der Waals surface area contributed by atoms with Gasteiger partial charge >= 0.3 is 0 Å². The molecule has 3 nitrogen and oxygen atoms in total. The van der Waals surface area contributed by atoms with E-state index < -0.39 is 0 Å². The molecule has 0 saturated carbocycles. The van der Waals surface area contributed by atoms with Gasteiger partial charge in [0.15, 0.2) is 0 Å². The second kappa shape index (κ2) is 6.00. The molecule has 0 aromatic rings. The Hall–Kier alpha value is -0.570. The van der Waals surface area contributed by atoms with Gasteiger partial charge in [0.1, 0.15) is 0 Å². The van der Waals surface area contributed by atoms with E-state index in [2.05, 4.69) is 17.6 Å². The minimum Gasteiger partial charge on any atom is -0.353 e. The summed E-state index contributed by atoms with van der Waals surface area (Å²) in [6.45, 7) is 6.01. The van der Waals surface area contributed by atoms with Gasteiger partial charge in [0.05, 0.1) is 6.04 Å². The summed E-state index contributed by atoms with van der Waals surface area (Å²) in [5.41, 5.74) is 0. The zero-order valence-corrected chi connectivity index (χ0v) is 8.48. The van der Waals surface area contributed by atoms with Crippen molar-refractivity contribution in [3.05, 3.63) is 0 Å². The van der Waals surface area contributed by atoms with Gasteiger partial charge in [-0.05, 0) is 27.3 Å². The summed E-state index contributed by atoms with van der Waals surface area (Å²) >= 11 is 0. The summed E-state index contributed by atoms with van der Waals surface area (Å²) in [7, 11) is 1.82. The molecule has 1 amide bonds. The maximum absolute atomic E-state index is 11.4. The topological polar surface area (TPSA) is 41.1 Å². The number of carbonyl (C=O) groups excluding carboxylic acids is 1. The molecule has 12 heavy (non-hydrogen) atoms. The standard InChI is InChI=1S/C9H20N2O/c1-5-6-8(10-4)9(12)11-7(2)3/h7-8,10H,5-6H2,1-4H3,(H,11,12). The lowest BCUT2D eigenvalue weighted by molar-refractivity contribution is -0.123. The highest BCUT2D eigenvalue weighted by molar-refractivity contribution is 5.81. The van der Waals surface area contributed by atoms with Gasteiger partial charge in [-0.25, -0.2) is 0 Å². The average Bonchev–Trinajstić information content (AvgIpc) is 1.98. The predicted octanol–water partition coefficient (Wildman–Crippen LogP) is 0.899. The zero-order valence-electron chi connectivity index (χ0n) is 8.48. The third-order valence-corrected chi connectivity index (χ3v) is 1.67. The minimum absolute atomic E-state index is 0.0302. The van der Waals surface area contributed by atoms with Gasteiger partial charge in [-0.1, -0.05) is 13.3 Å². The van der Waals surface area contributed by atoms with E-state index in [1.54, 1.807) is 0 Å². The highest BCUT2D eigenvalue weighted by Gasteiger charge is 2.14. The van der Waals surface area contributed by atoms with E-state index in [-0.39, 0.29) is 18.0 Å². The van der Waals surface area contributed by atoms with E-state index in [0.29, 0.717) is 0 Å². The largest absolute Gasteiger partial charge is 0.353 e. The zero-order chi connectivity index (χ0) is 9.56. The smallest absolute Gasteiger partial charge is 0.237 e. The van der Waals surface area contributed by atoms with Crippen LogP contribution in [0.2, 0.25) is 0 Å². The van der Waals surface area contributed by atoms with Crippen LogP contribution in [0.5, 0.6) is 0 Å². The Morgan fingerprint density at radius 1 is 1.42 bits per heavy atom. The molecule has 0 aliphatic carbocycles. The van der Waals surface area contributed by atoms with Gasteiger partial charge in [-0.3, -0.25) is 4.79 Å². The lowest BCUT2D eigenvalue weighted by atomic mass is 10.1. The second-order valence-electron chi connectivity index (χ2n) is 3.29. The highest BCUT2D eigenvalue weighted by Crippen LogP contribution is 1.96. The average molecular weight is 172 g/mol. The fourth-order valence-corrected chi connectivity index (χ4v) is 1.08. The van der Waals surface area contributed by atoms with Gasteiger partial charge in [-0.2, -0.15) is 0 Å². The number of rotatable bonds is 5. The van der Waals surface area contributed by atoms with Gasteiger partial charge in [0.2, 0.25) is 5.91 Å². The van der Waals surface area contributed by atoms with Crippen LogP contribution in [0.1, 0.15) is 33.6 Å². The lowest BCUT2D eigenvalue weighted by Crippen LogP contribution is -2.44. The van der Waals surface area contributed by atoms with Crippen LogP contribution in [-0.2, 0) is 4.79 Å². The predicted molar refractivity (Wildman–Crippen MR) is 51.0 cm³/mol. The Balaban J connectivity index is 3.85. The fourth-order valence-electron chi connectivity index (χ4n) is 1.08. The molecule has 0 bridgehead atoms. The number of hydrogen-bond donors (Lipinski definition) is 2. The van der Waals surface area contributed by atoms with E-state index in [9.17, 15) is 4.79 Å². The van der Waals surface area contributed by atoms with E-state index in [4.69, 9.17) is 0 Å². The molecule has 1 unspecified atom stereocenters. The van der Waals surface area contributed by atoms with E-state index in [0.717, 1.165) is 12.8 Å². The van der Waals surface area contributed by atoms with Crippen LogP contribution < -0.4 is 10.6 Å². The number of likely N-dealkylation sites (N-methyl/N-ethyl adjacent to an activating group) is 1. The molecule has 0 aromatic carbocycles. The molecule has 3 heteroatoms. The molecule has 1 atom stereocenters. The van der Waals surface area contributed by atoms with Crippen LogP contribution in [-0.4, -0.2) is 25.0 Å². The second-order valence-corrected chi connectivity index (χ2v) is 3.29. The molecule has 0 aliphatic rings. The van der Waals surface area contributed by atoms with Crippen LogP contribution in [0.25, 0.3) is 0 Å². The minimum atomic E-state index is -0.0302. The van der Waals surface area contributed by atoms with E-state index in [1.807, 2.05) is 20.9 Å². The number of hydrogen-bond acceptors (Lipinski definition) is 2. The summed E-state index contributed by atoms with van der Waals surface area (Å²) in [5.74, 6) is 0.106. The molecule has 0 radical (unpaired) electrons. The van der Waals surface area contributed by atoms with Crippen molar-refractivity contribution < 1.29 is 4.79 Å². The van der Waals surface area contributed by atoms with Crippen molar-refractivity contribution in [3.8, 4) is 0 Å². The lowest BCUT2D eigenvalue weighted by Gasteiger charge is -2.16. The van der Waals surface area contributed by atoms with Crippen LogP contribution in [0.4, 0.5) is 0 Å². The van der Waals surface area contributed by atoms with Crippen molar-refractivity contribution in [1.82, 2.24) is 10.6 Å². The first kappa shape index (κ1) is 11.4. The maximum Gasteiger partial charge on any atom is 0.237 e. The molecule has 0 fully saturated rings. The molecule has 2 N–H and O–H groups in total. The molecule has 0 spiro atoms. The SMILES string of the molecule is CCCC(NC)C(=O)NC(C)C. The van der Waals surface area contributed by atoms with E-state index in [1.165, 1.54) is 0 Å². The Labute approximate surface area is 74.9 Å². The maximum atomic E-state index is 11.4. The quantitative estimate of drug-likeness (QED) is 0.647. The van der Waals surface area contributed by atoms with Crippen LogP contribution in [0, 0.1) is 0 Å². The van der Waals surface area contributed by atoms with Crippen molar-refractivity contribution in [2.24, 2.45) is 0 Å². The first-order valence-electron chi connectivity index (χ1n) is 4.59. The van der Waals surface area contributed by atoms with Crippen LogP contribution in [0.3, 0.4) is 0 Å². The van der Waals surface area contributed by atoms with Crippen LogP contribution in [0.15, 0.2) is 0 Å². The molecular weight excluding hydrogens is 152 g/mol. The Kier molecular flexibility index (Phi) is 5.72. The van der Waals surface area contributed by atoms with Gasteiger partial charge in [0, 0.05) is 6.04 Å². The van der Waals surface area contributed by atoms with Gasteiger partial charge < -0.3 is 10.6 Å². The summed E-state index contributed by atoms with van der Waals surface area (Å²) < 4.78 is 0. The third kappa shape index (κ3) is 4.34. The molecule has 0 aliphatic heterocycles. The first-order valence-corrected chi connectivity index (χ1v) is 4.59. The molecule has 0 saturated heterocycles. The van der Waals surface area contributed by atoms with Crippen molar-refractivity contribution in [1.29, 1.82) is 0 Å². The van der Waals surface area contributed by atoms with E-state index >= 15 is 0 Å². The van der Waals surface area contributed by atoms with Gasteiger partial charge in [-0.15, -0.1) is 0 Å². The van der Waals surface area contributed by atoms with Crippen LogP contribution >= 0.6 is 0 Å². The molecule has 0 heterocycles. The Bertz CT molecular complexity index is 134. The first-order chi connectivity index (χ1) is 5.61. The molecular formula is C9H20N2O. The fraction of sp³-hybridized carbons (Fsp3) is 0.889.